The minimum atomic E-state index is -1.12. The minimum Gasteiger partial charge on any atom is -0.478 e. The summed E-state index contributed by atoms with van der Waals surface area (Å²) in [7, 11) is 0. The first-order chi connectivity index (χ1) is 7.34. The van der Waals surface area contributed by atoms with Gasteiger partial charge in [0.1, 0.15) is 0 Å². The number of halogens is 1. The molecular formula is C10H11BrN2O3. The number of carbonyl (C=O) groups is 1. The van der Waals surface area contributed by atoms with Crippen LogP contribution in [0.1, 0.15) is 11.4 Å². The number of aromatic nitrogens is 2. The molecule has 1 rings (SSSR count). The molecular weight excluding hydrogens is 276 g/mol. The SMILES string of the molecule is C=C(Cn1c(C)c(Br)c(C)nc1=O)C(=O)O. The van der Waals surface area contributed by atoms with Crippen LogP contribution in [-0.2, 0) is 11.3 Å². The molecule has 0 saturated heterocycles. The standard InChI is InChI=1S/C10H11BrN2O3/c1-5(9(14)15)4-13-7(3)8(11)6(2)12-10(13)16/h1,4H2,2-3H3,(H,14,15). The third-order valence-electron chi connectivity index (χ3n) is 2.19. The number of carboxylic acid groups (broad SMARTS) is 1. The van der Waals surface area contributed by atoms with E-state index in [0.29, 0.717) is 15.9 Å². The molecule has 1 N–H and O–H groups in total. The lowest BCUT2D eigenvalue weighted by Gasteiger charge is -2.11. The molecule has 0 bridgehead atoms. The van der Waals surface area contributed by atoms with Crippen LogP contribution in [0.2, 0.25) is 0 Å². The first-order valence-corrected chi connectivity index (χ1v) is 5.28. The molecule has 0 unspecified atom stereocenters. The van der Waals surface area contributed by atoms with Crippen molar-refractivity contribution in [1.82, 2.24) is 9.55 Å². The summed E-state index contributed by atoms with van der Waals surface area (Å²) in [6, 6.07) is 0. The molecule has 1 aromatic rings. The van der Waals surface area contributed by atoms with E-state index >= 15 is 0 Å². The number of rotatable bonds is 3. The fraction of sp³-hybridized carbons (Fsp3) is 0.300. The van der Waals surface area contributed by atoms with Gasteiger partial charge in [0.15, 0.2) is 0 Å². The summed E-state index contributed by atoms with van der Waals surface area (Å²) >= 11 is 3.29. The highest BCUT2D eigenvalue weighted by atomic mass is 79.9. The maximum absolute atomic E-state index is 11.6. The lowest BCUT2D eigenvalue weighted by Crippen LogP contribution is -2.28. The Hall–Kier alpha value is -1.43. The first kappa shape index (κ1) is 12.6. The molecule has 0 aromatic carbocycles. The van der Waals surface area contributed by atoms with Crippen LogP contribution < -0.4 is 5.69 Å². The van der Waals surface area contributed by atoms with Gasteiger partial charge in [0.2, 0.25) is 0 Å². The molecule has 0 spiro atoms. The molecule has 0 radical (unpaired) electrons. The van der Waals surface area contributed by atoms with Crippen molar-refractivity contribution in [1.29, 1.82) is 0 Å². The van der Waals surface area contributed by atoms with Crippen LogP contribution in [-0.4, -0.2) is 20.6 Å². The van der Waals surface area contributed by atoms with Gasteiger partial charge in [0, 0.05) is 11.3 Å². The maximum atomic E-state index is 11.6. The summed E-state index contributed by atoms with van der Waals surface area (Å²) in [5.41, 5.74) is 0.697. The van der Waals surface area contributed by atoms with Crippen LogP contribution in [0.5, 0.6) is 0 Å². The fourth-order valence-electron chi connectivity index (χ4n) is 1.22. The summed E-state index contributed by atoms with van der Waals surface area (Å²) in [6.07, 6.45) is 0. The second kappa shape index (κ2) is 4.61. The number of hydrogen-bond donors (Lipinski definition) is 1. The van der Waals surface area contributed by atoms with Gasteiger partial charge in [-0.25, -0.2) is 9.59 Å². The molecule has 1 aromatic heterocycles. The summed E-state index contributed by atoms with van der Waals surface area (Å²) in [5.74, 6) is -1.12. The van der Waals surface area contributed by atoms with Crippen LogP contribution >= 0.6 is 15.9 Å². The average molecular weight is 287 g/mol. The van der Waals surface area contributed by atoms with Gasteiger partial charge in [-0.05, 0) is 29.8 Å². The normalized spacial score (nSPS) is 10.2. The van der Waals surface area contributed by atoms with Crippen molar-refractivity contribution in [2.45, 2.75) is 20.4 Å². The molecule has 5 nitrogen and oxygen atoms in total. The third kappa shape index (κ3) is 2.38. The monoisotopic (exact) mass is 286 g/mol. The lowest BCUT2D eigenvalue weighted by atomic mass is 10.3. The zero-order chi connectivity index (χ0) is 12.5. The predicted molar refractivity (Wildman–Crippen MR) is 62.4 cm³/mol. The molecule has 0 aliphatic heterocycles. The van der Waals surface area contributed by atoms with E-state index in [-0.39, 0.29) is 12.1 Å². The van der Waals surface area contributed by atoms with E-state index in [1.165, 1.54) is 4.57 Å². The molecule has 1 heterocycles. The highest BCUT2D eigenvalue weighted by Gasteiger charge is 2.12. The Morgan fingerprint density at radius 1 is 1.56 bits per heavy atom. The van der Waals surface area contributed by atoms with Gasteiger partial charge in [-0.3, -0.25) is 4.57 Å². The molecule has 16 heavy (non-hydrogen) atoms. The number of hydrogen-bond acceptors (Lipinski definition) is 3. The van der Waals surface area contributed by atoms with Crippen molar-refractivity contribution in [3.63, 3.8) is 0 Å². The van der Waals surface area contributed by atoms with Gasteiger partial charge in [-0.15, -0.1) is 0 Å². The number of aliphatic carboxylic acids is 1. The van der Waals surface area contributed by atoms with Crippen molar-refractivity contribution in [2.24, 2.45) is 0 Å². The summed E-state index contributed by atoms with van der Waals surface area (Å²) in [6.45, 7) is 6.74. The highest BCUT2D eigenvalue weighted by molar-refractivity contribution is 9.10. The highest BCUT2D eigenvalue weighted by Crippen LogP contribution is 2.17. The molecule has 0 atom stereocenters. The van der Waals surface area contributed by atoms with Crippen LogP contribution in [0, 0.1) is 13.8 Å². The fourth-order valence-corrected chi connectivity index (χ4v) is 1.52. The van der Waals surface area contributed by atoms with E-state index in [1.807, 2.05) is 0 Å². The van der Waals surface area contributed by atoms with E-state index in [1.54, 1.807) is 13.8 Å². The Morgan fingerprint density at radius 2 is 2.12 bits per heavy atom. The summed E-state index contributed by atoms with van der Waals surface area (Å²) < 4.78 is 1.97. The van der Waals surface area contributed by atoms with Crippen molar-refractivity contribution >= 4 is 21.9 Å². The molecule has 86 valence electrons. The molecule has 0 fully saturated rings. The molecule has 6 heteroatoms. The van der Waals surface area contributed by atoms with E-state index in [2.05, 4.69) is 27.5 Å². The van der Waals surface area contributed by atoms with Crippen molar-refractivity contribution in [3.8, 4) is 0 Å². The number of aryl methyl sites for hydroxylation is 1. The van der Waals surface area contributed by atoms with Gasteiger partial charge in [-0.2, -0.15) is 4.98 Å². The largest absolute Gasteiger partial charge is 0.478 e. The summed E-state index contributed by atoms with van der Waals surface area (Å²) in [5, 5.41) is 8.70. The average Bonchev–Trinajstić information content (AvgIpc) is 2.20. The van der Waals surface area contributed by atoms with Gasteiger partial charge in [-0.1, -0.05) is 6.58 Å². The van der Waals surface area contributed by atoms with Crippen LogP contribution in [0.15, 0.2) is 21.4 Å². The van der Waals surface area contributed by atoms with E-state index in [9.17, 15) is 9.59 Å². The molecule has 0 aliphatic carbocycles. The van der Waals surface area contributed by atoms with Crippen molar-refractivity contribution in [3.05, 3.63) is 38.5 Å². The number of carboxylic acids is 1. The second-order valence-corrected chi connectivity index (χ2v) is 4.17. The minimum absolute atomic E-state index is 0.0530. The van der Waals surface area contributed by atoms with Crippen molar-refractivity contribution in [2.75, 3.05) is 0 Å². The second-order valence-electron chi connectivity index (χ2n) is 3.37. The Labute approximate surface area is 101 Å². The Kier molecular flexibility index (Phi) is 3.64. The van der Waals surface area contributed by atoms with Crippen LogP contribution in [0.4, 0.5) is 0 Å². The zero-order valence-electron chi connectivity index (χ0n) is 8.95. The Morgan fingerprint density at radius 3 is 2.62 bits per heavy atom. The van der Waals surface area contributed by atoms with Gasteiger partial charge in [0.25, 0.3) is 0 Å². The Bertz CT molecular complexity index is 520. The summed E-state index contributed by atoms with van der Waals surface area (Å²) in [4.78, 5) is 26.0. The quantitative estimate of drug-likeness (QED) is 0.850. The van der Waals surface area contributed by atoms with Crippen LogP contribution in [0.25, 0.3) is 0 Å². The Balaban J connectivity index is 3.25. The van der Waals surface area contributed by atoms with Gasteiger partial charge >= 0.3 is 11.7 Å². The van der Waals surface area contributed by atoms with E-state index in [4.69, 9.17) is 5.11 Å². The van der Waals surface area contributed by atoms with Crippen molar-refractivity contribution < 1.29 is 9.90 Å². The molecule has 0 saturated carbocycles. The smallest absolute Gasteiger partial charge is 0.348 e. The first-order valence-electron chi connectivity index (χ1n) is 4.49. The number of nitrogens with zero attached hydrogens (tertiary/aromatic N) is 2. The van der Waals surface area contributed by atoms with Gasteiger partial charge < -0.3 is 5.11 Å². The molecule has 0 aliphatic rings. The van der Waals surface area contributed by atoms with Crippen LogP contribution in [0.3, 0.4) is 0 Å². The third-order valence-corrected chi connectivity index (χ3v) is 3.33. The van der Waals surface area contributed by atoms with E-state index in [0.717, 1.165) is 0 Å². The van der Waals surface area contributed by atoms with E-state index < -0.39 is 11.7 Å². The van der Waals surface area contributed by atoms with Gasteiger partial charge in [0.05, 0.1) is 16.7 Å². The topological polar surface area (TPSA) is 72.2 Å². The predicted octanol–water partition coefficient (Wildman–Crippen LogP) is 1.26. The molecule has 0 amide bonds. The zero-order valence-corrected chi connectivity index (χ0v) is 10.5. The maximum Gasteiger partial charge on any atom is 0.348 e. The lowest BCUT2D eigenvalue weighted by molar-refractivity contribution is -0.132.